The van der Waals surface area contributed by atoms with Gasteiger partial charge in [0, 0.05) is 31.2 Å². The van der Waals surface area contributed by atoms with Crippen molar-refractivity contribution in [3.8, 4) is 11.3 Å². The number of hydrogen-bond acceptors (Lipinski definition) is 5. The summed E-state index contributed by atoms with van der Waals surface area (Å²) in [5.74, 6) is 0.773. The van der Waals surface area contributed by atoms with Crippen LogP contribution in [0.15, 0.2) is 42.5 Å². The molecule has 0 radical (unpaired) electrons. The van der Waals surface area contributed by atoms with Crippen LogP contribution in [0.1, 0.15) is 19.8 Å². The summed E-state index contributed by atoms with van der Waals surface area (Å²) < 4.78 is 1.88. The molecule has 2 aromatic heterocycles. The van der Waals surface area contributed by atoms with Crippen LogP contribution in [0.5, 0.6) is 0 Å². The summed E-state index contributed by atoms with van der Waals surface area (Å²) in [5, 5.41) is 8.30. The Kier molecular flexibility index (Phi) is 4.28. The van der Waals surface area contributed by atoms with E-state index in [1.54, 1.807) is 0 Å². The standard InChI is InChI=1S/C19H24N6/c1-2-6-15-13-21-11-12-24(15)19-22-18-16(20)9-10-17(25(18)23-19)14-7-4-3-5-8-14/h3-5,7-10,15,21H,2,6,11-13,20H2,1H3. The monoisotopic (exact) mass is 336 g/mol. The number of rotatable bonds is 4. The van der Waals surface area contributed by atoms with Gasteiger partial charge in [0.05, 0.1) is 11.4 Å². The predicted octanol–water partition coefficient (Wildman–Crippen LogP) is 2.56. The summed E-state index contributed by atoms with van der Waals surface area (Å²) in [6, 6.07) is 14.6. The Morgan fingerprint density at radius 2 is 2.04 bits per heavy atom. The van der Waals surface area contributed by atoms with E-state index in [9.17, 15) is 0 Å². The van der Waals surface area contributed by atoms with Crippen LogP contribution >= 0.6 is 0 Å². The second-order valence-electron chi connectivity index (χ2n) is 6.53. The lowest BCUT2D eigenvalue weighted by Crippen LogP contribution is -2.51. The van der Waals surface area contributed by atoms with Crippen molar-refractivity contribution < 1.29 is 0 Å². The van der Waals surface area contributed by atoms with Crippen molar-refractivity contribution in [1.82, 2.24) is 19.9 Å². The van der Waals surface area contributed by atoms with Crippen molar-refractivity contribution in [2.75, 3.05) is 30.3 Å². The van der Waals surface area contributed by atoms with Crippen molar-refractivity contribution in [1.29, 1.82) is 0 Å². The second-order valence-corrected chi connectivity index (χ2v) is 6.53. The fraction of sp³-hybridized carbons (Fsp3) is 0.368. The van der Waals surface area contributed by atoms with Crippen molar-refractivity contribution >= 4 is 17.3 Å². The van der Waals surface area contributed by atoms with Gasteiger partial charge in [0.15, 0.2) is 5.65 Å². The summed E-state index contributed by atoms with van der Waals surface area (Å²) in [4.78, 5) is 7.10. The fourth-order valence-electron chi connectivity index (χ4n) is 3.53. The van der Waals surface area contributed by atoms with Gasteiger partial charge in [0.1, 0.15) is 0 Å². The Bertz CT molecular complexity index is 855. The summed E-state index contributed by atoms with van der Waals surface area (Å²) in [6.45, 7) is 5.07. The van der Waals surface area contributed by atoms with Crippen LogP contribution < -0.4 is 16.0 Å². The normalized spacial score (nSPS) is 18.0. The molecule has 3 N–H and O–H groups in total. The third-order valence-corrected chi connectivity index (χ3v) is 4.80. The fourth-order valence-corrected chi connectivity index (χ4v) is 3.53. The zero-order valence-electron chi connectivity index (χ0n) is 14.5. The second kappa shape index (κ2) is 6.72. The van der Waals surface area contributed by atoms with Crippen LogP contribution in [0.25, 0.3) is 16.9 Å². The first kappa shape index (κ1) is 15.9. The zero-order valence-corrected chi connectivity index (χ0v) is 14.5. The predicted molar refractivity (Wildman–Crippen MR) is 102 cm³/mol. The maximum absolute atomic E-state index is 6.19. The molecule has 25 heavy (non-hydrogen) atoms. The van der Waals surface area contributed by atoms with Gasteiger partial charge in [0.25, 0.3) is 0 Å². The minimum atomic E-state index is 0.428. The van der Waals surface area contributed by atoms with Crippen molar-refractivity contribution in [3.63, 3.8) is 0 Å². The van der Waals surface area contributed by atoms with Gasteiger partial charge in [-0.2, -0.15) is 4.98 Å². The lowest BCUT2D eigenvalue weighted by atomic mass is 10.1. The average molecular weight is 336 g/mol. The Morgan fingerprint density at radius 1 is 1.20 bits per heavy atom. The van der Waals surface area contributed by atoms with E-state index in [0.717, 1.165) is 55.3 Å². The SMILES string of the molecule is CCCC1CNCCN1c1nc2c(N)ccc(-c3ccccc3)n2n1. The highest BCUT2D eigenvalue weighted by molar-refractivity contribution is 5.73. The number of benzene rings is 1. The number of nitrogens with zero attached hydrogens (tertiary/aromatic N) is 4. The number of nitrogens with one attached hydrogen (secondary N) is 1. The van der Waals surface area contributed by atoms with Crippen LogP contribution in [0.4, 0.5) is 11.6 Å². The Morgan fingerprint density at radius 3 is 2.84 bits per heavy atom. The third kappa shape index (κ3) is 2.93. The lowest BCUT2D eigenvalue weighted by Gasteiger charge is -2.35. The first-order chi connectivity index (χ1) is 12.3. The molecular weight excluding hydrogens is 312 g/mol. The summed E-state index contributed by atoms with van der Waals surface area (Å²) in [7, 11) is 0. The van der Waals surface area contributed by atoms with E-state index in [0.29, 0.717) is 11.7 Å². The van der Waals surface area contributed by atoms with Crippen molar-refractivity contribution in [3.05, 3.63) is 42.5 Å². The van der Waals surface area contributed by atoms with Crippen molar-refractivity contribution in [2.24, 2.45) is 0 Å². The van der Waals surface area contributed by atoms with Gasteiger partial charge in [-0.05, 0) is 18.6 Å². The molecule has 1 atom stereocenters. The van der Waals surface area contributed by atoms with Crippen LogP contribution in [0.2, 0.25) is 0 Å². The van der Waals surface area contributed by atoms with Crippen LogP contribution in [0, 0.1) is 0 Å². The highest BCUT2D eigenvalue weighted by atomic mass is 15.4. The smallest absolute Gasteiger partial charge is 0.246 e. The van der Waals surface area contributed by atoms with Crippen LogP contribution in [-0.4, -0.2) is 40.3 Å². The van der Waals surface area contributed by atoms with E-state index in [-0.39, 0.29) is 0 Å². The molecule has 3 heterocycles. The van der Waals surface area contributed by atoms with Gasteiger partial charge >= 0.3 is 0 Å². The largest absolute Gasteiger partial charge is 0.396 e. The van der Waals surface area contributed by atoms with Gasteiger partial charge in [0.2, 0.25) is 5.95 Å². The molecular formula is C19H24N6. The Hall–Kier alpha value is -2.60. The molecule has 1 aliphatic rings. The first-order valence-electron chi connectivity index (χ1n) is 8.96. The van der Waals surface area contributed by atoms with E-state index >= 15 is 0 Å². The van der Waals surface area contributed by atoms with Crippen LogP contribution in [-0.2, 0) is 0 Å². The molecule has 1 unspecified atom stereocenters. The van der Waals surface area contributed by atoms with Crippen LogP contribution in [0.3, 0.4) is 0 Å². The number of aromatic nitrogens is 3. The van der Waals surface area contributed by atoms with Gasteiger partial charge in [-0.15, -0.1) is 5.10 Å². The molecule has 4 rings (SSSR count). The Balaban J connectivity index is 1.80. The maximum Gasteiger partial charge on any atom is 0.246 e. The molecule has 6 heteroatoms. The van der Waals surface area contributed by atoms with E-state index in [1.807, 2.05) is 34.8 Å². The summed E-state index contributed by atoms with van der Waals surface area (Å²) >= 11 is 0. The number of fused-ring (bicyclic) bond motifs is 1. The van der Waals surface area contributed by atoms with E-state index in [1.165, 1.54) is 0 Å². The quantitative estimate of drug-likeness (QED) is 0.766. The van der Waals surface area contributed by atoms with E-state index in [2.05, 4.69) is 29.3 Å². The Labute approximate surface area is 147 Å². The van der Waals surface area contributed by atoms with Gasteiger partial charge < -0.3 is 16.0 Å². The average Bonchev–Trinajstić information content (AvgIpc) is 3.09. The number of nitrogens with two attached hydrogens (primary N) is 1. The van der Waals surface area contributed by atoms with Gasteiger partial charge in [-0.25, -0.2) is 4.52 Å². The summed E-state index contributed by atoms with van der Waals surface area (Å²) in [6.07, 6.45) is 2.27. The van der Waals surface area contributed by atoms with Gasteiger partial charge in [-0.3, -0.25) is 0 Å². The van der Waals surface area contributed by atoms with E-state index < -0.39 is 0 Å². The van der Waals surface area contributed by atoms with Gasteiger partial charge in [-0.1, -0.05) is 43.7 Å². The number of nitrogen functional groups attached to an aromatic ring is 1. The highest BCUT2D eigenvalue weighted by Crippen LogP contribution is 2.26. The topological polar surface area (TPSA) is 71.5 Å². The third-order valence-electron chi connectivity index (χ3n) is 4.80. The molecule has 0 amide bonds. The van der Waals surface area contributed by atoms with Crippen molar-refractivity contribution in [2.45, 2.75) is 25.8 Å². The number of hydrogen-bond donors (Lipinski definition) is 2. The highest BCUT2D eigenvalue weighted by Gasteiger charge is 2.25. The molecule has 1 saturated heterocycles. The minimum absolute atomic E-state index is 0.428. The molecule has 0 bridgehead atoms. The number of anilines is 2. The first-order valence-corrected chi connectivity index (χ1v) is 8.96. The summed E-state index contributed by atoms with van der Waals surface area (Å²) in [5.41, 5.74) is 9.68. The lowest BCUT2D eigenvalue weighted by molar-refractivity contribution is 0.444. The minimum Gasteiger partial charge on any atom is -0.396 e. The molecule has 1 aliphatic heterocycles. The number of piperazine rings is 1. The molecule has 0 aliphatic carbocycles. The number of pyridine rings is 1. The molecule has 1 aromatic carbocycles. The molecule has 0 saturated carbocycles. The molecule has 6 nitrogen and oxygen atoms in total. The zero-order chi connectivity index (χ0) is 17.2. The molecule has 1 fully saturated rings. The molecule has 130 valence electrons. The maximum atomic E-state index is 6.19. The molecule has 0 spiro atoms. The van der Waals surface area contributed by atoms with E-state index in [4.69, 9.17) is 15.8 Å². The molecule has 3 aromatic rings.